The topological polar surface area (TPSA) is 84.7 Å². The van der Waals surface area contributed by atoms with Gasteiger partial charge in [-0.1, -0.05) is 6.07 Å². The second kappa shape index (κ2) is 5.28. The van der Waals surface area contributed by atoms with Crippen molar-refractivity contribution in [1.29, 1.82) is 5.26 Å². The van der Waals surface area contributed by atoms with E-state index in [0.29, 0.717) is 22.6 Å². The molecular formula is C16H12ClN7. The molecule has 0 saturated heterocycles. The standard InChI is InChI=1S/C16H12ClN7/c1-9(2)23-8-11(7-19-23)14-21-15-12-5-3-4-10(6-18)13(12)20-16(17)24(15)22-14/h3-5,7-9H,1-2H3. The zero-order chi connectivity index (χ0) is 16.8. The molecule has 0 amide bonds. The van der Waals surface area contributed by atoms with E-state index in [1.807, 2.05) is 30.8 Å². The highest BCUT2D eigenvalue weighted by molar-refractivity contribution is 6.29. The van der Waals surface area contributed by atoms with E-state index in [1.165, 1.54) is 4.52 Å². The van der Waals surface area contributed by atoms with Crippen LogP contribution in [0.4, 0.5) is 0 Å². The molecule has 0 fully saturated rings. The fourth-order valence-corrected chi connectivity index (χ4v) is 2.75. The van der Waals surface area contributed by atoms with E-state index < -0.39 is 0 Å². The smallest absolute Gasteiger partial charge is 0.226 e. The van der Waals surface area contributed by atoms with Gasteiger partial charge in [-0.05, 0) is 37.6 Å². The lowest BCUT2D eigenvalue weighted by Gasteiger charge is -2.02. The zero-order valence-corrected chi connectivity index (χ0v) is 13.7. The Morgan fingerprint density at radius 2 is 2.08 bits per heavy atom. The fraction of sp³-hybridized carbons (Fsp3) is 0.188. The highest BCUT2D eigenvalue weighted by Crippen LogP contribution is 2.26. The van der Waals surface area contributed by atoms with Gasteiger partial charge < -0.3 is 0 Å². The minimum Gasteiger partial charge on any atom is -0.270 e. The molecule has 0 saturated carbocycles. The molecule has 7 nitrogen and oxygen atoms in total. The van der Waals surface area contributed by atoms with E-state index in [1.54, 1.807) is 18.3 Å². The first-order valence-electron chi connectivity index (χ1n) is 7.38. The van der Waals surface area contributed by atoms with Crippen molar-refractivity contribution in [2.24, 2.45) is 0 Å². The number of hydrogen-bond donors (Lipinski definition) is 0. The van der Waals surface area contributed by atoms with Gasteiger partial charge >= 0.3 is 0 Å². The summed E-state index contributed by atoms with van der Waals surface area (Å²) < 4.78 is 3.32. The molecule has 0 N–H and O–H groups in total. The molecular weight excluding hydrogens is 326 g/mol. The summed E-state index contributed by atoms with van der Waals surface area (Å²) in [5, 5.41) is 18.9. The Hall–Kier alpha value is -2.98. The molecule has 0 radical (unpaired) electrons. The van der Waals surface area contributed by atoms with Crippen LogP contribution in [-0.4, -0.2) is 29.4 Å². The van der Waals surface area contributed by atoms with Gasteiger partial charge in [0.25, 0.3) is 0 Å². The molecule has 0 spiro atoms. The predicted octanol–water partition coefficient (Wildman–Crippen LogP) is 3.25. The summed E-state index contributed by atoms with van der Waals surface area (Å²) in [6.45, 7) is 4.09. The van der Waals surface area contributed by atoms with Gasteiger partial charge in [-0.3, -0.25) is 4.68 Å². The maximum Gasteiger partial charge on any atom is 0.226 e. The van der Waals surface area contributed by atoms with Crippen molar-refractivity contribution in [3.05, 3.63) is 41.4 Å². The summed E-state index contributed by atoms with van der Waals surface area (Å²) in [4.78, 5) is 8.88. The lowest BCUT2D eigenvalue weighted by Crippen LogP contribution is -1.99. The van der Waals surface area contributed by atoms with Crippen molar-refractivity contribution >= 4 is 28.2 Å². The first kappa shape index (κ1) is 14.6. The Labute approximate surface area is 142 Å². The Morgan fingerprint density at radius 3 is 2.79 bits per heavy atom. The summed E-state index contributed by atoms with van der Waals surface area (Å²) in [7, 11) is 0. The van der Waals surface area contributed by atoms with Crippen molar-refractivity contribution in [3.8, 4) is 17.5 Å². The molecule has 4 aromatic rings. The van der Waals surface area contributed by atoms with Crippen LogP contribution in [0.3, 0.4) is 0 Å². The third-order valence-corrected chi connectivity index (χ3v) is 4.02. The van der Waals surface area contributed by atoms with Gasteiger partial charge in [0, 0.05) is 17.6 Å². The monoisotopic (exact) mass is 337 g/mol. The quantitative estimate of drug-likeness (QED) is 0.524. The van der Waals surface area contributed by atoms with E-state index in [2.05, 4.69) is 26.2 Å². The van der Waals surface area contributed by atoms with Crippen molar-refractivity contribution in [3.63, 3.8) is 0 Å². The van der Waals surface area contributed by atoms with Crippen LogP contribution in [0.1, 0.15) is 25.5 Å². The van der Waals surface area contributed by atoms with E-state index >= 15 is 0 Å². The SMILES string of the molecule is CC(C)n1cc(-c2nc3c4cccc(C#N)c4nc(Cl)n3n2)cn1. The van der Waals surface area contributed by atoms with Crippen LogP contribution in [0, 0.1) is 11.3 Å². The number of fused-ring (bicyclic) bond motifs is 3. The molecule has 118 valence electrons. The summed E-state index contributed by atoms with van der Waals surface area (Å²) in [6.07, 6.45) is 3.61. The largest absolute Gasteiger partial charge is 0.270 e. The van der Waals surface area contributed by atoms with Crippen LogP contribution < -0.4 is 0 Å². The third kappa shape index (κ3) is 2.12. The van der Waals surface area contributed by atoms with Crippen LogP contribution in [0.5, 0.6) is 0 Å². The van der Waals surface area contributed by atoms with Gasteiger partial charge in [0.15, 0.2) is 11.5 Å². The average Bonchev–Trinajstić information content (AvgIpc) is 3.22. The molecule has 8 heteroatoms. The molecule has 3 heterocycles. The Balaban J connectivity index is 1.99. The van der Waals surface area contributed by atoms with Crippen molar-refractivity contribution in [2.75, 3.05) is 0 Å². The van der Waals surface area contributed by atoms with Crippen LogP contribution >= 0.6 is 11.6 Å². The Bertz CT molecular complexity index is 1120. The lowest BCUT2D eigenvalue weighted by molar-refractivity contribution is 0.532. The average molecular weight is 338 g/mol. The number of nitriles is 1. The second-order valence-corrected chi connectivity index (χ2v) is 6.01. The first-order chi connectivity index (χ1) is 11.6. The number of aromatic nitrogens is 6. The minimum absolute atomic E-state index is 0.162. The van der Waals surface area contributed by atoms with Crippen LogP contribution in [0.2, 0.25) is 5.28 Å². The molecule has 0 aliphatic rings. The second-order valence-electron chi connectivity index (χ2n) is 5.67. The number of rotatable bonds is 2. The van der Waals surface area contributed by atoms with Crippen LogP contribution in [-0.2, 0) is 0 Å². The molecule has 24 heavy (non-hydrogen) atoms. The predicted molar refractivity (Wildman–Crippen MR) is 89.6 cm³/mol. The summed E-state index contributed by atoms with van der Waals surface area (Å²) in [5.74, 6) is 0.514. The van der Waals surface area contributed by atoms with E-state index in [-0.39, 0.29) is 11.3 Å². The molecule has 0 atom stereocenters. The molecule has 0 aliphatic heterocycles. The minimum atomic E-state index is 0.162. The van der Waals surface area contributed by atoms with Crippen molar-refractivity contribution < 1.29 is 0 Å². The number of para-hydroxylation sites is 1. The molecule has 3 aromatic heterocycles. The van der Waals surface area contributed by atoms with E-state index in [4.69, 9.17) is 11.6 Å². The zero-order valence-electron chi connectivity index (χ0n) is 13.0. The molecule has 0 bridgehead atoms. The third-order valence-electron chi connectivity index (χ3n) is 3.77. The highest BCUT2D eigenvalue weighted by atomic mass is 35.5. The maximum atomic E-state index is 9.25. The van der Waals surface area contributed by atoms with Crippen LogP contribution in [0.25, 0.3) is 27.9 Å². The molecule has 4 rings (SSSR count). The van der Waals surface area contributed by atoms with Gasteiger partial charge in [0.2, 0.25) is 5.28 Å². The van der Waals surface area contributed by atoms with Gasteiger partial charge in [-0.2, -0.15) is 14.9 Å². The lowest BCUT2D eigenvalue weighted by atomic mass is 10.1. The highest BCUT2D eigenvalue weighted by Gasteiger charge is 2.16. The molecule has 0 aliphatic carbocycles. The summed E-state index contributed by atoms with van der Waals surface area (Å²) in [5.41, 5.74) is 2.34. The summed E-state index contributed by atoms with van der Waals surface area (Å²) >= 11 is 6.24. The normalized spacial score (nSPS) is 11.5. The fourth-order valence-electron chi connectivity index (χ4n) is 2.55. The Kier molecular flexibility index (Phi) is 3.22. The first-order valence-corrected chi connectivity index (χ1v) is 7.76. The van der Waals surface area contributed by atoms with E-state index in [0.717, 1.165) is 10.9 Å². The van der Waals surface area contributed by atoms with Gasteiger partial charge in [0.1, 0.15) is 6.07 Å². The maximum absolute atomic E-state index is 9.25. The van der Waals surface area contributed by atoms with Crippen LogP contribution in [0.15, 0.2) is 30.6 Å². The van der Waals surface area contributed by atoms with Gasteiger partial charge in [-0.15, -0.1) is 5.10 Å². The number of nitrogens with zero attached hydrogens (tertiary/aromatic N) is 7. The van der Waals surface area contributed by atoms with Gasteiger partial charge in [-0.25, -0.2) is 9.97 Å². The van der Waals surface area contributed by atoms with Gasteiger partial charge in [0.05, 0.1) is 22.8 Å². The van der Waals surface area contributed by atoms with Crippen molar-refractivity contribution in [2.45, 2.75) is 19.9 Å². The number of hydrogen-bond acceptors (Lipinski definition) is 5. The molecule has 1 aromatic carbocycles. The van der Waals surface area contributed by atoms with Crippen molar-refractivity contribution in [1.82, 2.24) is 29.4 Å². The number of halogens is 1. The Morgan fingerprint density at radius 1 is 1.25 bits per heavy atom. The summed E-state index contributed by atoms with van der Waals surface area (Å²) in [6, 6.07) is 7.72. The van der Waals surface area contributed by atoms with E-state index in [9.17, 15) is 5.26 Å². The number of benzene rings is 1. The molecule has 0 unspecified atom stereocenters.